The van der Waals surface area contributed by atoms with E-state index in [9.17, 15) is 4.79 Å². The fourth-order valence-corrected chi connectivity index (χ4v) is 4.48. The minimum atomic E-state index is -0.0669. The SMILES string of the molecule is CCOC(=O)[C@@H]1CCCN(CCCN2c3ccccc3OCOc3ccc(Cl)cc32)C1. The van der Waals surface area contributed by atoms with E-state index in [1.54, 1.807) is 0 Å². The maximum absolute atomic E-state index is 12.1. The van der Waals surface area contributed by atoms with Crippen LogP contribution in [0.3, 0.4) is 0 Å². The maximum atomic E-state index is 12.1. The first kappa shape index (κ1) is 21.8. The van der Waals surface area contributed by atoms with E-state index in [-0.39, 0.29) is 18.7 Å². The van der Waals surface area contributed by atoms with Crippen LogP contribution in [0, 0.1) is 5.92 Å². The van der Waals surface area contributed by atoms with Crippen molar-refractivity contribution in [2.75, 3.05) is 44.5 Å². The van der Waals surface area contributed by atoms with Gasteiger partial charge in [-0.15, -0.1) is 0 Å². The molecule has 2 aromatic rings. The molecule has 0 spiro atoms. The van der Waals surface area contributed by atoms with Gasteiger partial charge < -0.3 is 24.0 Å². The van der Waals surface area contributed by atoms with E-state index < -0.39 is 0 Å². The molecule has 1 saturated heterocycles. The van der Waals surface area contributed by atoms with Crippen LogP contribution in [0.5, 0.6) is 11.5 Å². The molecule has 7 heteroatoms. The van der Waals surface area contributed by atoms with E-state index in [2.05, 4.69) is 15.9 Å². The highest BCUT2D eigenvalue weighted by molar-refractivity contribution is 6.31. The Morgan fingerprint density at radius 3 is 2.77 bits per heavy atom. The van der Waals surface area contributed by atoms with Crippen LogP contribution < -0.4 is 14.4 Å². The molecule has 2 heterocycles. The Hall–Kier alpha value is -2.44. The van der Waals surface area contributed by atoms with Crippen LogP contribution in [0.2, 0.25) is 5.02 Å². The molecule has 0 unspecified atom stereocenters. The van der Waals surface area contributed by atoms with Gasteiger partial charge in [0.25, 0.3) is 0 Å². The molecule has 0 radical (unpaired) electrons. The third-order valence-electron chi connectivity index (χ3n) is 5.78. The number of benzene rings is 2. The van der Waals surface area contributed by atoms with Crippen LogP contribution in [0.1, 0.15) is 26.2 Å². The summed E-state index contributed by atoms with van der Waals surface area (Å²) in [6, 6.07) is 13.6. The summed E-state index contributed by atoms with van der Waals surface area (Å²) in [5.41, 5.74) is 1.93. The number of nitrogens with zero attached hydrogens (tertiary/aromatic N) is 2. The zero-order valence-corrected chi connectivity index (χ0v) is 18.6. The fraction of sp³-hybridized carbons (Fsp3) is 0.458. The monoisotopic (exact) mass is 444 g/mol. The molecule has 166 valence electrons. The second kappa shape index (κ2) is 10.2. The van der Waals surface area contributed by atoms with Crippen LogP contribution in [0.15, 0.2) is 42.5 Å². The molecule has 0 amide bonds. The number of ether oxygens (including phenoxy) is 3. The van der Waals surface area contributed by atoms with Gasteiger partial charge in [0, 0.05) is 18.1 Å². The largest absolute Gasteiger partial charge is 0.466 e. The third-order valence-corrected chi connectivity index (χ3v) is 6.01. The van der Waals surface area contributed by atoms with Crippen molar-refractivity contribution >= 4 is 28.9 Å². The van der Waals surface area contributed by atoms with E-state index in [0.29, 0.717) is 11.6 Å². The molecule has 1 atom stereocenters. The fourth-order valence-electron chi connectivity index (χ4n) is 4.32. The predicted octanol–water partition coefficient (Wildman–Crippen LogP) is 4.87. The van der Waals surface area contributed by atoms with Crippen LogP contribution in [0.25, 0.3) is 0 Å². The lowest BCUT2D eigenvalue weighted by Gasteiger charge is -2.34. The number of carbonyl (C=O) groups is 1. The number of esters is 1. The summed E-state index contributed by atoms with van der Waals surface area (Å²) in [5.74, 6) is 1.45. The molecule has 0 saturated carbocycles. The molecule has 1 fully saturated rings. The maximum Gasteiger partial charge on any atom is 0.310 e. The number of hydrogen-bond donors (Lipinski definition) is 0. The van der Waals surface area contributed by atoms with Crippen LogP contribution >= 0.6 is 11.6 Å². The predicted molar refractivity (Wildman–Crippen MR) is 121 cm³/mol. The standard InChI is InChI=1S/C24H29ClN2O4/c1-2-29-24(28)18-7-5-12-26(16-18)13-6-14-27-20-8-3-4-9-22(20)30-17-31-23-11-10-19(25)15-21(23)27/h3-4,8-11,15,18H,2,5-7,12-14,16-17H2,1H3/t18-/m1/s1. The van der Waals surface area contributed by atoms with E-state index in [4.69, 9.17) is 25.8 Å². The van der Waals surface area contributed by atoms with Gasteiger partial charge in [-0.05, 0) is 69.6 Å². The number of halogens is 1. The zero-order valence-electron chi connectivity index (χ0n) is 17.9. The molecule has 0 aromatic heterocycles. The number of likely N-dealkylation sites (tertiary alicyclic amines) is 1. The minimum absolute atomic E-state index is 0.0162. The van der Waals surface area contributed by atoms with Crippen molar-refractivity contribution in [2.24, 2.45) is 5.92 Å². The molecule has 0 N–H and O–H groups in total. The second-order valence-electron chi connectivity index (χ2n) is 7.88. The van der Waals surface area contributed by atoms with Gasteiger partial charge in [-0.25, -0.2) is 0 Å². The Morgan fingerprint density at radius 1 is 1.13 bits per heavy atom. The molecule has 4 rings (SSSR count). The van der Waals surface area contributed by atoms with Crippen molar-refractivity contribution in [1.82, 2.24) is 4.90 Å². The first-order chi connectivity index (χ1) is 15.2. The Bertz CT molecular complexity index is 907. The summed E-state index contributed by atoms with van der Waals surface area (Å²) in [5, 5.41) is 0.666. The van der Waals surface area contributed by atoms with Gasteiger partial charge in [0.1, 0.15) is 11.5 Å². The van der Waals surface area contributed by atoms with Crippen molar-refractivity contribution in [3.8, 4) is 11.5 Å². The number of anilines is 2. The van der Waals surface area contributed by atoms with Gasteiger partial charge in [-0.2, -0.15) is 0 Å². The van der Waals surface area contributed by atoms with Crippen molar-refractivity contribution in [3.05, 3.63) is 47.5 Å². The van der Waals surface area contributed by atoms with Crippen LogP contribution in [0.4, 0.5) is 11.4 Å². The molecule has 31 heavy (non-hydrogen) atoms. The number of piperidine rings is 1. The van der Waals surface area contributed by atoms with Gasteiger partial charge in [0.15, 0.2) is 0 Å². The van der Waals surface area contributed by atoms with Crippen molar-refractivity contribution in [2.45, 2.75) is 26.2 Å². The van der Waals surface area contributed by atoms with Gasteiger partial charge in [0.2, 0.25) is 6.79 Å². The van der Waals surface area contributed by atoms with Crippen LogP contribution in [-0.4, -0.2) is 50.4 Å². The van der Waals surface area contributed by atoms with Crippen molar-refractivity contribution < 1.29 is 19.0 Å². The Labute approximate surface area is 188 Å². The summed E-state index contributed by atoms with van der Waals surface area (Å²) >= 11 is 6.32. The average Bonchev–Trinajstić information content (AvgIpc) is 2.77. The van der Waals surface area contributed by atoms with Crippen molar-refractivity contribution in [3.63, 3.8) is 0 Å². The second-order valence-corrected chi connectivity index (χ2v) is 8.32. The van der Waals surface area contributed by atoms with Gasteiger partial charge in [-0.3, -0.25) is 4.79 Å². The number of fused-ring (bicyclic) bond motifs is 2. The molecule has 6 nitrogen and oxygen atoms in total. The normalized spacial score (nSPS) is 18.6. The van der Waals surface area contributed by atoms with Gasteiger partial charge >= 0.3 is 5.97 Å². The lowest BCUT2D eigenvalue weighted by molar-refractivity contribution is -0.149. The highest BCUT2D eigenvalue weighted by atomic mass is 35.5. The van der Waals surface area contributed by atoms with Gasteiger partial charge in [-0.1, -0.05) is 23.7 Å². The molecule has 2 aromatic carbocycles. The Morgan fingerprint density at radius 2 is 1.94 bits per heavy atom. The lowest BCUT2D eigenvalue weighted by atomic mass is 9.98. The first-order valence-corrected chi connectivity index (χ1v) is 11.3. The summed E-state index contributed by atoms with van der Waals surface area (Å²) < 4.78 is 16.9. The van der Waals surface area contributed by atoms with Gasteiger partial charge in [0.05, 0.1) is 23.9 Å². The minimum Gasteiger partial charge on any atom is -0.466 e. The molecule has 2 aliphatic heterocycles. The van der Waals surface area contributed by atoms with E-state index in [1.807, 2.05) is 43.3 Å². The highest BCUT2D eigenvalue weighted by Gasteiger charge is 2.27. The molecule has 0 aliphatic carbocycles. The smallest absolute Gasteiger partial charge is 0.310 e. The molecule has 0 bridgehead atoms. The molecular weight excluding hydrogens is 416 g/mol. The Balaban J connectivity index is 1.48. The highest BCUT2D eigenvalue weighted by Crippen LogP contribution is 2.41. The lowest BCUT2D eigenvalue weighted by Crippen LogP contribution is -2.40. The van der Waals surface area contributed by atoms with E-state index >= 15 is 0 Å². The number of rotatable bonds is 6. The zero-order chi connectivity index (χ0) is 21.6. The third kappa shape index (κ3) is 5.25. The summed E-state index contributed by atoms with van der Waals surface area (Å²) in [6.07, 6.45) is 2.86. The topological polar surface area (TPSA) is 51.2 Å². The van der Waals surface area contributed by atoms with E-state index in [1.165, 1.54) is 0 Å². The first-order valence-electron chi connectivity index (χ1n) is 11.0. The van der Waals surface area contributed by atoms with E-state index in [0.717, 1.165) is 68.3 Å². The summed E-state index contributed by atoms with van der Waals surface area (Å²) in [4.78, 5) is 16.7. The quantitative estimate of drug-likeness (QED) is 0.592. The Kier molecular flexibility index (Phi) is 7.20. The van der Waals surface area contributed by atoms with Crippen LogP contribution in [-0.2, 0) is 9.53 Å². The number of hydrogen-bond acceptors (Lipinski definition) is 6. The number of carbonyl (C=O) groups excluding carboxylic acids is 1. The number of para-hydroxylation sites is 2. The summed E-state index contributed by atoms with van der Waals surface area (Å²) in [6.45, 7) is 5.92. The summed E-state index contributed by atoms with van der Waals surface area (Å²) in [7, 11) is 0. The average molecular weight is 445 g/mol. The molecule has 2 aliphatic rings. The molecular formula is C24H29ClN2O4. The van der Waals surface area contributed by atoms with Crippen molar-refractivity contribution in [1.29, 1.82) is 0 Å².